The van der Waals surface area contributed by atoms with E-state index < -0.39 is 0 Å². The van der Waals surface area contributed by atoms with Crippen molar-refractivity contribution in [1.29, 1.82) is 0 Å². The van der Waals surface area contributed by atoms with Crippen LogP contribution < -0.4 is 5.32 Å². The number of halogens is 2. The Morgan fingerprint density at radius 1 is 1.25 bits per heavy atom. The van der Waals surface area contributed by atoms with Gasteiger partial charge in [0.15, 0.2) is 0 Å². The Morgan fingerprint density at radius 3 is 2.90 bits per heavy atom. The van der Waals surface area contributed by atoms with Crippen molar-refractivity contribution in [1.82, 2.24) is 4.98 Å². The maximum Gasteiger partial charge on any atom is 0.124 e. The van der Waals surface area contributed by atoms with Crippen LogP contribution in [-0.4, -0.2) is 4.98 Å². The molecule has 0 saturated carbocycles. The van der Waals surface area contributed by atoms with Crippen molar-refractivity contribution in [3.05, 3.63) is 56.9 Å². The van der Waals surface area contributed by atoms with Gasteiger partial charge in [-0.05, 0) is 29.6 Å². The number of anilines is 1. The maximum atomic E-state index is 12.9. The van der Waals surface area contributed by atoms with Crippen molar-refractivity contribution in [3.63, 3.8) is 0 Å². The van der Waals surface area contributed by atoms with Gasteiger partial charge in [0.2, 0.25) is 0 Å². The summed E-state index contributed by atoms with van der Waals surface area (Å²) >= 11 is 9.23. The molecule has 3 rings (SSSR count). The highest BCUT2D eigenvalue weighted by atomic mass is 35.5. The predicted octanol–water partition coefficient (Wildman–Crippen LogP) is 5.28. The fourth-order valence-electron chi connectivity index (χ4n) is 1.73. The maximum absolute atomic E-state index is 12.9. The van der Waals surface area contributed by atoms with Gasteiger partial charge in [0, 0.05) is 16.3 Å². The molecule has 0 unspecified atom stereocenters. The van der Waals surface area contributed by atoms with Gasteiger partial charge in [-0.3, -0.25) is 0 Å². The number of aromatic nitrogens is 1. The van der Waals surface area contributed by atoms with Crippen LogP contribution in [0.3, 0.4) is 0 Å². The summed E-state index contributed by atoms with van der Waals surface area (Å²) < 4.78 is 12.9. The van der Waals surface area contributed by atoms with Crippen molar-refractivity contribution in [3.8, 4) is 10.6 Å². The van der Waals surface area contributed by atoms with Gasteiger partial charge in [-0.15, -0.1) is 11.3 Å². The van der Waals surface area contributed by atoms with Crippen LogP contribution in [0.5, 0.6) is 0 Å². The van der Waals surface area contributed by atoms with Crippen LogP contribution in [0.25, 0.3) is 10.6 Å². The Bertz CT molecular complexity index is 710. The highest BCUT2D eigenvalue weighted by Crippen LogP contribution is 2.27. The lowest BCUT2D eigenvalue weighted by molar-refractivity contribution is 0.628. The van der Waals surface area contributed by atoms with Crippen LogP contribution in [-0.2, 0) is 6.54 Å². The minimum absolute atomic E-state index is 0.339. The Labute approximate surface area is 128 Å². The molecule has 3 aromatic rings. The van der Waals surface area contributed by atoms with E-state index in [1.54, 1.807) is 28.7 Å². The van der Waals surface area contributed by atoms with Crippen LogP contribution in [0.1, 0.15) is 5.69 Å². The molecule has 0 spiro atoms. The van der Waals surface area contributed by atoms with Crippen LogP contribution in [0.4, 0.5) is 10.1 Å². The van der Waals surface area contributed by atoms with Gasteiger partial charge < -0.3 is 5.32 Å². The van der Waals surface area contributed by atoms with E-state index >= 15 is 0 Å². The van der Waals surface area contributed by atoms with E-state index in [4.69, 9.17) is 11.6 Å². The lowest BCUT2D eigenvalue weighted by Crippen LogP contribution is -2.00. The number of nitrogens with one attached hydrogen (secondary N) is 1. The van der Waals surface area contributed by atoms with Crippen LogP contribution in [0.2, 0.25) is 5.02 Å². The second kappa shape index (κ2) is 5.91. The van der Waals surface area contributed by atoms with E-state index in [0.717, 1.165) is 16.3 Å². The van der Waals surface area contributed by atoms with Gasteiger partial charge in [-0.2, -0.15) is 11.3 Å². The number of benzene rings is 1. The number of thiazole rings is 1. The largest absolute Gasteiger partial charge is 0.378 e. The summed E-state index contributed by atoms with van der Waals surface area (Å²) in [7, 11) is 0. The Balaban J connectivity index is 1.70. The molecule has 6 heteroatoms. The van der Waals surface area contributed by atoms with Crippen molar-refractivity contribution in [2.75, 3.05) is 5.32 Å². The monoisotopic (exact) mass is 324 g/mol. The van der Waals surface area contributed by atoms with Crippen LogP contribution in [0.15, 0.2) is 40.4 Å². The second-order valence-electron chi connectivity index (χ2n) is 4.13. The molecule has 0 atom stereocenters. The summed E-state index contributed by atoms with van der Waals surface area (Å²) in [5.41, 5.74) is 2.79. The van der Waals surface area contributed by atoms with Gasteiger partial charge in [-0.1, -0.05) is 11.6 Å². The first-order valence-corrected chi connectivity index (χ1v) is 8.08. The third-order valence-electron chi connectivity index (χ3n) is 2.71. The van der Waals surface area contributed by atoms with Crippen LogP contribution in [0, 0.1) is 5.82 Å². The third-order valence-corrected chi connectivity index (χ3v) is 4.65. The van der Waals surface area contributed by atoms with Crippen molar-refractivity contribution < 1.29 is 4.39 Å². The summed E-state index contributed by atoms with van der Waals surface area (Å²) in [5, 5.41) is 10.7. The molecule has 0 aliphatic heterocycles. The minimum Gasteiger partial charge on any atom is -0.378 e. The van der Waals surface area contributed by atoms with Gasteiger partial charge in [-0.25, -0.2) is 9.37 Å². The highest BCUT2D eigenvalue weighted by molar-refractivity contribution is 7.14. The Morgan fingerprint density at radius 2 is 2.15 bits per heavy atom. The molecule has 0 amide bonds. The summed E-state index contributed by atoms with van der Waals surface area (Å²) in [6.07, 6.45) is 0. The summed E-state index contributed by atoms with van der Waals surface area (Å²) in [5.74, 6) is -0.339. The molecular weight excluding hydrogens is 315 g/mol. The van der Waals surface area contributed by atoms with Gasteiger partial charge >= 0.3 is 0 Å². The molecule has 0 radical (unpaired) electrons. The lowest BCUT2D eigenvalue weighted by Gasteiger charge is -2.06. The number of nitrogens with zero attached hydrogens (tertiary/aromatic N) is 1. The average Bonchev–Trinajstić information content (AvgIpc) is 3.08. The molecule has 2 nitrogen and oxygen atoms in total. The van der Waals surface area contributed by atoms with Gasteiger partial charge in [0.25, 0.3) is 0 Å². The summed E-state index contributed by atoms with van der Waals surface area (Å²) in [4.78, 5) is 4.56. The molecule has 102 valence electrons. The summed E-state index contributed by atoms with van der Waals surface area (Å²) in [6.45, 7) is 0.561. The zero-order chi connectivity index (χ0) is 13.9. The number of thiophene rings is 1. The molecule has 0 fully saturated rings. The van der Waals surface area contributed by atoms with E-state index in [9.17, 15) is 4.39 Å². The molecule has 20 heavy (non-hydrogen) atoms. The van der Waals surface area contributed by atoms with E-state index in [-0.39, 0.29) is 5.82 Å². The molecule has 0 aliphatic rings. The number of rotatable bonds is 4. The minimum atomic E-state index is -0.339. The van der Waals surface area contributed by atoms with E-state index in [1.807, 2.05) is 10.8 Å². The first-order valence-electron chi connectivity index (χ1n) is 5.88. The van der Waals surface area contributed by atoms with Gasteiger partial charge in [0.05, 0.1) is 22.9 Å². The molecule has 2 heterocycles. The molecule has 1 N–H and O–H groups in total. The molecule has 0 aliphatic carbocycles. The lowest BCUT2D eigenvalue weighted by atomic mass is 10.3. The SMILES string of the molecule is Fc1ccc(NCc2csc(-c3ccsc3)n2)c(Cl)c1. The average molecular weight is 325 g/mol. The van der Waals surface area contributed by atoms with E-state index in [2.05, 4.69) is 21.7 Å². The quantitative estimate of drug-likeness (QED) is 0.706. The fourth-order valence-corrected chi connectivity index (χ4v) is 3.49. The third kappa shape index (κ3) is 3.00. The standard InChI is InChI=1S/C14H10ClFN2S2/c15-12-5-10(16)1-2-13(12)17-6-11-8-20-14(18-11)9-3-4-19-7-9/h1-5,7-8,17H,6H2. The molecule has 0 saturated heterocycles. The molecule has 1 aromatic carbocycles. The number of hydrogen-bond donors (Lipinski definition) is 1. The summed E-state index contributed by atoms with van der Waals surface area (Å²) in [6, 6.07) is 6.36. The predicted molar refractivity (Wildman–Crippen MR) is 84.2 cm³/mol. The Hall–Kier alpha value is -1.43. The topological polar surface area (TPSA) is 24.9 Å². The smallest absolute Gasteiger partial charge is 0.124 e. The highest BCUT2D eigenvalue weighted by Gasteiger charge is 2.06. The Kier molecular flexibility index (Phi) is 4.00. The normalized spacial score (nSPS) is 10.7. The van der Waals surface area contributed by atoms with Crippen molar-refractivity contribution >= 4 is 40.0 Å². The van der Waals surface area contributed by atoms with E-state index in [0.29, 0.717) is 17.3 Å². The van der Waals surface area contributed by atoms with Gasteiger partial charge in [0.1, 0.15) is 10.8 Å². The first kappa shape index (κ1) is 13.5. The molecular formula is C14H10ClFN2S2. The van der Waals surface area contributed by atoms with E-state index in [1.165, 1.54) is 12.1 Å². The van der Waals surface area contributed by atoms with Crippen molar-refractivity contribution in [2.45, 2.75) is 6.54 Å². The zero-order valence-electron chi connectivity index (χ0n) is 10.3. The number of hydrogen-bond acceptors (Lipinski definition) is 4. The fraction of sp³-hybridized carbons (Fsp3) is 0.0714. The molecule has 0 bridgehead atoms. The first-order chi connectivity index (χ1) is 9.72. The second-order valence-corrected chi connectivity index (χ2v) is 6.18. The van der Waals surface area contributed by atoms with Crippen LogP contribution >= 0.6 is 34.3 Å². The zero-order valence-corrected chi connectivity index (χ0v) is 12.7. The van der Waals surface area contributed by atoms with Crippen molar-refractivity contribution in [2.24, 2.45) is 0 Å². The molecule has 2 aromatic heterocycles.